The van der Waals surface area contributed by atoms with Crippen molar-refractivity contribution in [2.24, 2.45) is 0 Å². The highest BCUT2D eigenvalue weighted by molar-refractivity contribution is 5.95. The van der Waals surface area contributed by atoms with Crippen LogP contribution in [0.5, 0.6) is 0 Å². The van der Waals surface area contributed by atoms with Gasteiger partial charge in [-0.25, -0.2) is 4.79 Å². The summed E-state index contributed by atoms with van der Waals surface area (Å²) < 4.78 is 5.40. The third kappa shape index (κ3) is 5.74. The number of benzene rings is 1. The number of amides is 3. The Morgan fingerprint density at radius 3 is 2.50 bits per heavy atom. The van der Waals surface area contributed by atoms with Gasteiger partial charge in [-0.3, -0.25) is 15.0 Å². The van der Waals surface area contributed by atoms with Gasteiger partial charge in [0.25, 0.3) is 0 Å². The lowest BCUT2D eigenvalue weighted by atomic mass is 10.2. The van der Waals surface area contributed by atoms with Gasteiger partial charge in [0.15, 0.2) is 0 Å². The van der Waals surface area contributed by atoms with Gasteiger partial charge in [-0.2, -0.15) is 0 Å². The third-order valence-electron chi connectivity index (χ3n) is 4.52. The van der Waals surface area contributed by atoms with E-state index in [1.807, 2.05) is 47.4 Å². The molecule has 0 radical (unpaired) electrons. The number of nitrogens with one attached hydrogen (secondary N) is 2. The summed E-state index contributed by atoms with van der Waals surface area (Å²) in [5, 5.41) is 5.31. The van der Waals surface area contributed by atoms with Crippen LogP contribution in [0, 0.1) is 0 Å². The number of nitrogens with zero attached hydrogens (tertiary/aromatic N) is 1. The topological polar surface area (TPSA) is 74.6 Å². The second-order valence-electron chi connectivity index (χ2n) is 6.71. The molecule has 0 atom stereocenters. The van der Waals surface area contributed by atoms with Crippen LogP contribution in [0.3, 0.4) is 0 Å². The number of carbonyl (C=O) groups excluding carboxylic acids is 2. The van der Waals surface area contributed by atoms with Crippen molar-refractivity contribution in [3.8, 4) is 0 Å². The molecule has 1 fully saturated rings. The largest absolute Gasteiger partial charge is 0.468 e. The summed E-state index contributed by atoms with van der Waals surface area (Å²) in [5.41, 5.74) is 1.10. The van der Waals surface area contributed by atoms with Gasteiger partial charge in [0.05, 0.1) is 19.4 Å². The zero-order valence-corrected chi connectivity index (χ0v) is 14.8. The molecule has 1 aromatic carbocycles. The molecule has 1 saturated carbocycles. The van der Waals surface area contributed by atoms with Crippen molar-refractivity contribution in [2.45, 2.75) is 44.8 Å². The minimum Gasteiger partial charge on any atom is -0.468 e. The van der Waals surface area contributed by atoms with Crippen molar-refractivity contribution in [3.63, 3.8) is 0 Å². The van der Waals surface area contributed by atoms with Gasteiger partial charge in [0.1, 0.15) is 5.76 Å². The van der Waals surface area contributed by atoms with Gasteiger partial charge < -0.3 is 9.73 Å². The number of urea groups is 1. The predicted molar refractivity (Wildman–Crippen MR) is 98.2 cm³/mol. The van der Waals surface area contributed by atoms with Crippen molar-refractivity contribution in [3.05, 3.63) is 60.1 Å². The highest BCUT2D eigenvalue weighted by atomic mass is 16.3. The molecule has 3 rings (SSSR count). The maximum atomic E-state index is 12.3. The zero-order chi connectivity index (χ0) is 18.2. The number of imide groups is 1. The van der Waals surface area contributed by atoms with E-state index >= 15 is 0 Å². The monoisotopic (exact) mass is 355 g/mol. The van der Waals surface area contributed by atoms with Crippen LogP contribution < -0.4 is 10.6 Å². The number of furan rings is 1. The van der Waals surface area contributed by atoms with Crippen LogP contribution in [0.1, 0.15) is 37.0 Å². The molecule has 26 heavy (non-hydrogen) atoms. The number of rotatable bonds is 7. The van der Waals surface area contributed by atoms with Gasteiger partial charge in [0, 0.05) is 12.6 Å². The van der Waals surface area contributed by atoms with E-state index in [1.165, 1.54) is 0 Å². The molecule has 0 unspecified atom stereocenters. The fraction of sp³-hybridized carbons (Fsp3) is 0.400. The fourth-order valence-corrected chi connectivity index (χ4v) is 3.29. The van der Waals surface area contributed by atoms with Crippen LogP contribution in [-0.2, 0) is 17.9 Å². The summed E-state index contributed by atoms with van der Waals surface area (Å²) in [6.45, 7) is 1.21. The summed E-state index contributed by atoms with van der Waals surface area (Å²) in [6, 6.07) is 13.4. The average Bonchev–Trinajstić information content (AvgIpc) is 3.29. The van der Waals surface area contributed by atoms with E-state index in [0.29, 0.717) is 13.1 Å². The van der Waals surface area contributed by atoms with Crippen molar-refractivity contribution in [1.29, 1.82) is 0 Å². The van der Waals surface area contributed by atoms with Gasteiger partial charge in [-0.1, -0.05) is 43.2 Å². The lowest BCUT2D eigenvalue weighted by Gasteiger charge is -2.21. The number of hydrogen-bond donors (Lipinski definition) is 2. The Hall–Kier alpha value is -2.60. The standard InChI is InChI=1S/C20H25N3O3/c24-19(22-20(25)21-17-9-4-5-10-17)15-23(14-18-11-6-12-26-18)13-16-7-2-1-3-8-16/h1-3,6-8,11-12,17H,4-5,9-10,13-15H2,(H2,21,22,24,25). The maximum Gasteiger partial charge on any atom is 0.321 e. The second-order valence-corrected chi connectivity index (χ2v) is 6.71. The van der Waals surface area contributed by atoms with Crippen LogP contribution in [0.25, 0.3) is 0 Å². The Balaban J connectivity index is 1.55. The van der Waals surface area contributed by atoms with Crippen molar-refractivity contribution in [2.75, 3.05) is 6.54 Å². The van der Waals surface area contributed by atoms with E-state index in [0.717, 1.165) is 37.0 Å². The first-order valence-electron chi connectivity index (χ1n) is 9.08. The molecule has 6 heteroatoms. The van der Waals surface area contributed by atoms with E-state index in [1.54, 1.807) is 6.26 Å². The molecule has 2 N–H and O–H groups in total. The molecule has 2 aromatic rings. The van der Waals surface area contributed by atoms with E-state index in [4.69, 9.17) is 4.42 Å². The Bertz CT molecular complexity index is 694. The van der Waals surface area contributed by atoms with Gasteiger partial charge in [0.2, 0.25) is 5.91 Å². The minimum atomic E-state index is -0.403. The quantitative estimate of drug-likeness (QED) is 0.800. The van der Waals surface area contributed by atoms with E-state index in [-0.39, 0.29) is 18.5 Å². The first kappa shape index (κ1) is 18.2. The Labute approximate surface area is 153 Å². The van der Waals surface area contributed by atoms with Crippen LogP contribution in [0.4, 0.5) is 4.79 Å². The Kier molecular flexibility index (Phi) is 6.44. The summed E-state index contributed by atoms with van der Waals surface area (Å²) in [6.07, 6.45) is 5.85. The average molecular weight is 355 g/mol. The minimum absolute atomic E-state index is 0.119. The second kappa shape index (κ2) is 9.20. The van der Waals surface area contributed by atoms with E-state index in [9.17, 15) is 9.59 Å². The number of carbonyl (C=O) groups is 2. The SMILES string of the molecule is O=C(CN(Cc1ccccc1)Cc1ccco1)NC(=O)NC1CCCC1. The van der Waals surface area contributed by atoms with Crippen molar-refractivity contribution in [1.82, 2.24) is 15.5 Å². The third-order valence-corrected chi connectivity index (χ3v) is 4.52. The highest BCUT2D eigenvalue weighted by Crippen LogP contribution is 2.17. The molecular formula is C20H25N3O3. The fourth-order valence-electron chi connectivity index (χ4n) is 3.29. The van der Waals surface area contributed by atoms with Crippen LogP contribution >= 0.6 is 0 Å². The van der Waals surface area contributed by atoms with Crippen LogP contribution in [0.2, 0.25) is 0 Å². The molecule has 0 aliphatic heterocycles. The molecule has 1 aromatic heterocycles. The molecule has 3 amide bonds. The van der Waals surface area contributed by atoms with E-state index < -0.39 is 6.03 Å². The van der Waals surface area contributed by atoms with Crippen LogP contribution in [0.15, 0.2) is 53.1 Å². The van der Waals surface area contributed by atoms with Crippen LogP contribution in [-0.4, -0.2) is 29.4 Å². The van der Waals surface area contributed by atoms with Crippen molar-refractivity contribution < 1.29 is 14.0 Å². The number of hydrogen-bond acceptors (Lipinski definition) is 4. The first-order valence-corrected chi connectivity index (χ1v) is 9.08. The Morgan fingerprint density at radius 2 is 1.81 bits per heavy atom. The summed E-state index contributed by atoms with van der Waals surface area (Å²) in [5.74, 6) is 0.465. The summed E-state index contributed by atoms with van der Waals surface area (Å²) in [4.78, 5) is 26.2. The van der Waals surface area contributed by atoms with Gasteiger partial charge in [-0.15, -0.1) is 0 Å². The lowest BCUT2D eigenvalue weighted by molar-refractivity contribution is -0.121. The Morgan fingerprint density at radius 1 is 1.04 bits per heavy atom. The predicted octanol–water partition coefficient (Wildman–Crippen LogP) is 3.05. The zero-order valence-electron chi connectivity index (χ0n) is 14.8. The normalized spacial score (nSPS) is 14.5. The first-order chi connectivity index (χ1) is 12.7. The molecule has 138 valence electrons. The van der Waals surface area contributed by atoms with Gasteiger partial charge in [-0.05, 0) is 30.5 Å². The lowest BCUT2D eigenvalue weighted by Crippen LogP contribution is -2.46. The van der Waals surface area contributed by atoms with Crippen molar-refractivity contribution >= 4 is 11.9 Å². The molecule has 6 nitrogen and oxygen atoms in total. The molecule has 0 spiro atoms. The molecule has 0 bridgehead atoms. The maximum absolute atomic E-state index is 12.3. The van der Waals surface area contributed by atoms with Gasteiger partial charge >= 0.3 is 6.03 Å². The molecule has 0 saturated heterocycles. The highest BCUT2D eigenvalue weighted by Gasteiger charge is 2.19. The molecule has 1 aliphatic rings. The summed E-state index contributed by atoms with van der Waals surface area (Å²) in [7, 11) is 0. The van der Waals surface area contributed by atoms with E-state index in [2.05, 4.69) is 10.6 Å². The molecule has 1 heterocycles. The summed E-state index contributed by atoms with van der Waals surface area (Å²) >= 11 is 0. The smallest absolute Gasteiger partial charge is 0.321 e. The molecular weight excluding hydrogens is 330 g/mol. The molecule has 1 aliphatic carbocycles.